The first kappa shape index (κ1) is 11.2. The predicted octanol–water partition coefficient (Wildman–Crippen LogP) is 4.02. The van der Waals surface area contributed by atoms with Gasteiger partial charge in [-0.3, -0.25) is 0 Å². The Morgan fingerprint density at radius 2 is 2.00 bits per heavy atom. The van der Waals surface area contributed by atoms with Crippen molar-refractivity contribution >= 4 is 26.7 Å². The van der Waals surface area contributed by atoms with Gasteiger partial charge < -0.3 is 5.11 Å². The molecule has 3 rings (SSSR count). The molecule has 2 heteroatoms. The van der Waals surface area contributed by atoms with Crippen LogP contribution in [0.15, 0.2) is 40.9 Å². The summed E-state index contributed by atoms with van der Waals surface area (Å²) in [6.45, 7) is 0.267. The highest BCUT2D eigenvalue weighted by Crippen LogP contribution is 2.44. The van der Waals surface area contributed by atoms with E-state index in [1.54, 1.807) is 0 Å². The Hall–Kier alpha value is -0.860. The lowest BCUT2D eigenvalue weighted by atomic mass is 9.65. The van der Waals surface area contributed by atoms with Crippen molar-refractivity contribution in [3.05, 3.63) is 46.4 Å². The van der Waals surface area contributed by atoms with Crippen LogP contribution in [-0.2, 0) is 5.41 Å². The molecular formula is C15H15BrO. The summed E-state index contributed by atoms with van der Waals surface area (Å²) in [6.07, 6.45) is 3.45. The summed E-state index contributed by atoms with van der Waals surface area (Å²) < 4.78 is 1.13. The van der Waals surface area contributed by atoms with Gasteiger partial charge in [-0.05, 0) is 41.3 Å². The zero-order chi connectivity index (χ0) is 11.9. The van der Waals surface area contributed by atoms with Gasteiger partial charge in [-0.1, -0.05) is 46.6 Å². The number of hydrogen-bond acceptors (Lipinski definition) is 1. The Morgan fingerprint density at radius 1 is 1.18 bits per heavy atom. The Labute approximate surface area is 110 Å². The molecule has 0 saturated heterocycles. The van der Waals surface area contributed by atoms with Crippen LogP contribution in [-0.4, -0.2) is 11.7 Å². The number of fused-ring (bicyclic) bond motifs is 1. The molecule has 0 aliphatic heterocycles. The third kappa shape index (κ3) is 1.71. The first-order valence-electron chi connectivity index (χ1n) is 6.05. The van der Waals surface area contributed by atoms with Crippen LogP contribution in [0.5, 0.6) is 0 Å². The SMILES string of the molecule is OCC1(c2ccc3cccc(Br)c3c2)CCC1. The Kier molecular flexibility index (Phi) is 2.72. The van der Waals surface area contributed by atoms with E-state index < -0.39 is 0 Å². The minimum Gasteiger partial charge on any atom is -0.395 e. The maximum atomic E-state index is 9.62. The summed E-state index contributed by atoms with van der Waals surface area (Å²) in [5, 5.41) is 12.1. The number of hydrogen-bond donors (Lipinski definition) is 1. The first-order chi connectivity index (χ1) is 8.25. The van der Waals surface area contributed by atoms with Crippen LogP contribution in [0.3, 0.4) is 0 Å². The van der Waals surface area contributed by atoms with Crippen LogP contribution in [0.1, 0.15) is 24.8 Å². The van der Waals surface area contributed by atoms with Gasteiger partial charge in [0.05, 0.1) is 6.61 Å². The highest BCUT2D eigenvalue weighted by atomic mass is 79.9. The molecule has 0 spiro atoms. The number of halogens is 1. The summed E-state index contributed by atoms with van der Waals surface area (Å²) in [4.78, 5) is 0. The molecule has 0 aromatic heterocycles. The van der Waals surface area contributed by atoms with Crippen LogP contribution >= 0.6 is 15.9 Å². The van der Waals surface area contributed by atoms with Gasteiger partial charge in [-0.25, -0.2) is 0 Å². The summed E-state index contributed by atoms with van der Waals surface area (Å²) in [5.41, 5.74) is 1.31. The lowest BCUT2D eigenvalue weighted by Gasteiger charge is -2.41. The molecule has 0 radical (unpaired) electrons. The molecule has 1 aliphatic carbocycles. The molecule has 1 nitrogen and oxygen atoms in total. The molecule has 1 N–H and O–H groups in total. The van der Waals surface area contributed by atoms with Crippen molar-refractivity contribution in [1.82, 2.24) is 0 Å². The second-order valence-electron chi connectivity index (χ2n) is 4.97. The normalized spacial score (nSPS) is 18.0. The molecule has 0 atom stereocenters. The number of aliphatic hydroxyl groups excluding tert-OH is 1. The fourth-order valence-electron chi connectivity index (χ4n) is 2.71. The summed E-state index contributed by atoms with van der Waals surface area (Å²) in [7, 11) is 0. The van der Waals surface area contributed by atoms with E-state index in [0.29, 0.717) is 0 Å². The van der Waals surface area contributed by atoms with Gasteiger partial charge in [0.15, 0.2) is 0 Å². The Bertz CT molecular complexity index is 552. The third-order valence-electron chi connectivity index (χ3n) is 4.05. The number of aliphatic hydroxyl groups is 1. The Morgan fingerprint density at radius 3 is 2.65 bits per heavy atom. The van der Waals surface area contributed by atoms with Crippen molar-refractivity contribution in [3.8, 4) is 0 Å². The molecule has 17 heavy (non-hydrogen) atoms. The average molecular weight is 291 g/mol. The van der Waals surface area contributed by atoms with Crippen LogP contribution in [0, 0.1) is 0 Å². The highest BCUT2D eigenvalue weighted by molar-refractivity contribution is 9.10. The predicted molar refractivity (Wildman–Crippen MR) is 74.3 cm³/mol. The monoisotopic (exact) mass is 290 g/mol. The van der Waals surface area contributed by atoms with E-state index in [1.165, 1.54) is 22.8 Å². The van der Waals surface area contributed by atoms with Gasteiger partial charge in [0.25, 0.3) is 0 Å². The second kappa shape index (κ2) is 4.11. The van der Waals surface area contributed by atoms with Crippen molar-refractivity contribution in [2.75, 3.05) is 6.61 Å². The smallest absolute Gasteiger partial charge is 0.0527 e. The first-order valence-corrected chi connectivity index (χ1v) is 6.84. The fraction of sp³-hybridized carbons (Fsp3) is 0.333. The molecule has 2 aromatic carbocycles. The molecule has 2 aromatic rings. The largest absolute Gasteiger partial charge is 0.395 e. The minimum atomic E-state index is 0.0312. The van der Waals surface area contributed by atoms with E-state index in [0.717, 1.165) is 17.3 Å². The maximum absolute atomic E-state index is 9.62. The van der Waals surface area contributed by atoms with E-state index >= 15 is 0 Å². The van der Waals surface area contributed by atoms with E-state index in [1.807, 2.05) is 0 Å². The summed E-state index contributed by atoms with van der Waals surface area (Å²) in [6, 6.07) is 12.8. The van der Waals surface area contributed by atoms with Crippen LogP contribution in [0.2, 0.25) is 0 Å². The zero-order valence-corrected chi connectivity index (χ0v) is 11.2. The lowest BCUT2D eigenvalue weighted by Crippen LogP contribution is -2.37. The van der Waals surface area contributed by atoms with Gasteiger partial charge >= 0.3 is 0 Å². The number of rotatable bonds is 2. The van der Waals surface area contributed by atoms with Crippen LogP contribution in [0.4, 0.5) is 0 Å². The molecule has 1 saturated carbocycles. The van der Waals surface area contributed by atoms with Gasteiger partial charge in [0.1, 0.15) is 0 Å². The summed E-state index contributed by atoms with van der Waals surface area (Å²) >= 11 is 3.60. The maximum Gasteiger partial charge on any atom is 0.0527 e. The number of benzene rings is 2. The van der Waals surface area contributed by atoms with Crippen molar-refractivity contribution in [1.29, 1.82) is 0 Å². The molecule has 0 bridgehead atoms. The van der Waals surface area contributed by atoms with Gasteiger partial charge in [-0.2, -0.15) is 0 Å². The van der Waals surface area contributed by atoms with Crippen molar-refractivity contribution in [2.24, 2.45) is 0 Å². The van der Waals surface area contributed by atoms with Crippen LogP contribution < -0.4 is 0 Å². The molecule has 1 aliphatic rings. The highest BCUT2D eigenvalue weighted by Gasteiger charge is 2.37. The Balaban J connectivity index is 2.16. The quantitative estimate of drug-likeness (QED) is 0.886. The van der Waals surface area contributed by atoms with E-state index in [-0.39, 0.29) is 12.0 Å². The van der Waals surface area contributed by atoms with E-state index in [9.17, 15) is 5.11 Å². The lowest BCUT2D eigenvalue weighted by molar-refractivity contribution is 0.120. The topological polar surface area (TPSA) is 20.2 Å². The van der Waals surface area contributed by atoms with Crippen molar-refractivity contribution < 1.29 is 5.11 Å². The standard InChI is InChI=1S/C15H15BrO/c16-14-4-1-3-11-5-6-12(9-13(11)14)15(10-17)7-2-8-15/h1,3-6,9,17H,2,7-8,10H2. The van der Waals surface area contributed by atoms with Crippen molar-refractivity contribution in [2.45, 2.75) is 24.7 Å². The third-order valence-corrected chi connectivity index (χ3v) is 4.75. The van der Waals surface area contributed by atoms with Crippen LogP contribution in [0.25, 0.3) is 10.8 Å². The fourth-order valence-corrected chi connectivity index (χ4v) is 3.20. The van der Waals surface area contributed by atoms with Crippen molar-refractivity contribution in [3.63, 3.8) is 0 Å². The van der Waals surface area contributed by atoms with Gasteiger partial charge in [0, 0.05) is 9.89 Å². The molecule has 88 valence electrons. The minimum absolute atomic E-state index is 0.0312. The van der Waals surface area contributed by atoms with E-state index in [2.05, 4.69) is 52.3 Å². The molecule has 0 unspecified atom stereocenters. The molecule has 1 fully saturated rings. The van der Waals surface area contributed by atoms with Gasteiger partial charge in [0.2, 0.25) is 0 Å². The van der Waals surface area contributed by atoms with Gasteiger partial charge in [-0.15, -0.1) is 0 Å². The van der Waals surface area contributed by atoms with E-state index in [4.69, 9.17) is 0 Å². The average Bonchev–Trinajstić information content (AvgIpc) is 2.29. The summed E-state index contributed by atoms with van der Waals surface area (Å²) in [5.74, 6) is 0. The molecule has 0 amide bonds. The zero-order valence-electron chi connectivity index (χ0n) is 9.62. The molecular weight excluding hydrogens is 276 g/mol. The second-order valence-corrected chi connectivity index (χ2v) is 5.82. The molecule has 0 heterocycles.